The minimum Gasteiger partial charge on any atom is -0.461 e. The zero-order chi connectivity index (χ0) is 13.1. The molecule has 18 heavy (non-hydrogen) atoms. The smallest absolute Gasteiger partial charge is 0.329 e. The van der Waals surface area contributed by atoms with E-state index in [1.807, 2.05) is 6.92 Å². The van der Waals surface area contributed by atoms with E-state index in [0.717, 1.165) is 0 Å². The first-order chi connectivity index (χ1) is 8.56. The van der Waals surface area contributed by atoms with E-state index in [1.54, 1.807) is 18.2 Å². The minimum atomic E-state index is -0.466. The summed E-state index contributed by atoms with van der Waals surface area (Å²) in [7, 11) is 0. The van der Waals surface area contributed by atoms with Crippen molar-refractivity contribution in [3.8, 4) is 0 Å². The quantitative estimate of drug-likeness (QED) is 0.633. The number of nitrogens with one attached hydrogen (secondary N) is 2. The van der Waals surface area contributed by atoms with Gasteiger partial charge in [-0.2, -0.15) is 0 Å². The zero-order valence-corrected chi connectivity index (χ0v) is 10.6. The van der Waals surface area contributed by atoms with Crippen molar-refractivity contribution in [3.63, 3.8) is 0 Å². The third kappa shape index (κ3) is 2.95. The van der Waals surface area contributed by atoms with Gasteiger partial charge >= 0.3 is 5.97 Å². The fourth-order valence-electron chi connectivity index (χ4n) is 1.75. The van der Waals surface area contributed by atoms with Crippen molar-refractivity contribution in [2.24, 2.45) is 0 Å². The lowest BCUT2D eigenvalue weighted by molar-refractivity contribution is -0.142. The highest BCUT2D eigenvalue weighted by molar-refractivity contribution is 7.80. The molecule has 1 aliphatic rings. The Labute approximate surface area is 110 Å². The second kappa shape index (κ2) is 5.30. The maximum Gasteiger partial charge on any atom is 0.329 e. The van der Waals surface area contributed by atoms with E-state index in [-0.39, 0.29) is 22.9 Å². The molecule has 0 bridgehead atoms. The van der Waals surface area contributed by atoms with Crippen LogP contribution in [0.1, 0.15) is 13.3 Å². The molecule has 2 rings (SSSR count). The Morgan fingerprint density at radius 1 is 1.50 bits per heavy atom. The largest absolute Gasteiger partial charge is 0.461 e. The number of para-hydroxylation sites is 1. The minimum absolute atomic E-state index is 0.119. The number of anilines is 1. The van der Waals surface area contributed by atoms with Crippen molar-refractivity contribution >= 4 is 29.0 Å². The number of benzene rings is 1. The Bertz CT molecular complexity index is 481. The molecule has 6 heteroatoms. The van der Waals surface area contributed by atoms with Crippen LogP contribution in [0.15, 0.2) is 24.3 Å². The molecule has 1 heterocycles. The number of cyclic esters (lactones) is 1. The van der Waals surface area contributed by atoms with Gasteiger partial charge in [-0.25, -0.2) is 9.18 Å². The van der Waals surface area contributed by atoms with Gasteiger partial charge in [0.1, 0.15) is 18.0 Å². The van der Waals surface area contributed by atoms with Gasteiger partial charge in [0.15, 0.2) is 5.11 Å². The number of hydrogen-bond donors (Lipinski definition) is 2. The Kier molecular flexibility index (Phi) is 3.76. The third-order valence-electron chi connectivity index (χ3n) is 2.60. The Morgan fingerprint density at radius 2 is 2.22 bits per heavy atom. The molecule has 0 aromatic heterocycles. The second-order valence-electron chi connectivity index (χ2n) is 4.11. The van der Waals surface area contributed by atoms with Gasteiger partial charge in [0.25, 0.3) is 0 Å². The van der Waals surface area contributed by atoms with E-state index in [0.29, 0.717) is 6.42 Å². The Hall–Kier alpha value is -1.69. The summed E-state index contributed by atoms with van der Waals surface area (Å²) >= 11 is 5.03. The third-order valence-corrected chi connectivity index (χ3v) is 2.82. The molecule has 2 atom stereocenters. The van der Waals surface area contributed by atoms with Gasteiger partial charge in [0.2, 0.25) is 0 Å². The summed E-state index contributed by atoms with van der Waals surface area (Å²) in [5, 5.41) is 5.73. The van der Waals surface area contributed by atoms with Gasteiger partial charge in [-0.15, -0.1) is 0 Å². The maximum atomic E-state index is 13.4. The van der Waals surface area contributed by atoms with Crippen molar-refractivity contribution in [2.45, 2.75) is 25.5 Å². The summed E-state index contributed by atoms with van der Waals surface area (Å²) in [5.41, 5.74) is 0.273. The normalized spacial score (nSPS) is 22.4. The fourth-order valence-corrected chi connectivity index (χ4v) is 2.01. The molecule has 0 unspecified atom stereocenters. The van der Waals surface area contributed by atoms with E-state index in [4.69, 9.17) is 17.0 Å². The highest BCUT2D eigenvalue weighted by atomic mass is 32.1. The van der Waals surface area contributed by atoms with Gasteiger partial charge in [0.05, 0.1) is 5.69 Å². The van der Waals surface area contributed by atoms with Crippen LogP contribution in [-0.2, 0) is 9.53 Å². The molecule has 0 amide bonds. The highest BCUT2D eigenvalue weighted by Gasteiger charge is 2.32. The first-order valence-electron chi connectivity index (χ1n) is 5.59. The summed E-state index contributed by atoms with van der Waals surface area (Å²) < 4.78 is 18.3. The van der Waals surface area contributed by atoms with E-state index < -0.39 is 11.9 Å². The second-order valence-corrected chi connectivity index (χ2v) is 4.52. The molecule has 96 valence electrons. The first kappa shape index (κ1) is 12.8. The van der Waals surface area contributed by atoms with Gasteiger partial charge in [-0.05, 0) is 31.3 Å². The van der Waals surface area contributed by atoms with Crippen LogP contribution < -0.4 is 10.6 Å². The summed E-state index contributed by atoms with van der Waals surface area (Å²) in [6, 6.07) is 5.72. The number of carbonyl (C=O) groups excluding carboxylic acids is 1. The molecule has 1 fully saturated rings. The number of rotatable bonds is 2. The van der Waals surface area contributed by atoms with Crippen LogP contribution in [0.2, 0.25) is 0 Å². The number of esters is 1. The van der Waals surface area contributed by atoms with Crippen molar-refractivity contribution in [3.05, 3.63) is 30.1 Å². The standard InChI is InChI=1S/C12H13FN2O2S/c1-7-6-10(11(16)17-7)15-12(18)14-9-5-3-2-4-8(9)13/h2-5,7,10H,6H2,1H3,(H2,14,15,18)/t7-,10-/m1/s1. The molecule has 2 N–H and O–H groups in total. The lowest BCUT2D eigenvalue weighted by Gasteiger charge is -2.13. The molecule has 0 spiro atoms. The average molecular weight is 268 g/mol. The molecular formula is C12H13FN2O2S. The zero-order valence-electron chi connectivity index (χ0n) is 9.77. The van der Waals surface area contributed by atoms with Crippen molar-refractivity contribution < 1.29 is 13.9 Å². The molecule has 0 aliphatic carbocycles. The molecule has 1 saturated heterocycles. The lowest BCUT2D eigenvalue weighted by atomic mass is 10.2. The summed E-state index contributed by atoms with van der Waals surface area (Å²) in [6.07, 6.45) is 0.434. The number of halogens is 1. The molecule has 1 aliphatic heterocycles. The van der Waals surface area contributed by atoms with Crippen LogP contribution in [-0.4, -0.2) is 23.2 Å². The van der Waals surface area contributed by atoms with Crippen LogP contribution in [0.3, 0.4) is 0 Å². The monoisotopic (exact) mass is 268 g/mol. The van der Waals surface area contributed by atoms with Crippen LogP contribution in [0.25, 0.3) is 0 Å². The maximum absolute atomic E-state index is 13.4. The highest BCUT2D eigenvalue weighted by Crippen LogP contribution is 2.15. The average Bonchev–Trinajstić information content (AvgIpc) is 2.61. The number of hydrogen-bond acceptors (Lipinski definition) is 3. The van der Waals surface area contributed by atoms with Gasteiger partial charge < -0.3 is 15.4 Å². The predicted molar refractivity (Wildman–Crippen MR) is 69.7 cm³/mol. The molecule has 4 nitrogen and oxygen atoms in total. The fraction of sp³-hybridized carbons (Fsp3) is 0.333. The van der Waals surface area contributed by atoms with Crippen molar-refractivity contribution in [1.29, 1.82) is 0 Å². The van der Waals surface area contributed by atoms with Crippen molar-refractivity contribution in [2.75, 3.05) is 5.32 Å². The van der Waals surface area contributed by atoms with E-state index >= 15 is 0 Å². The first-order valence-corrected chi connectivity index (χ1v) is 5.99. The summed E-state index contributed by atoms with van der Waals surface area (Å²) in [4.78, 5) is 11.4. The van der Waals surface area contributed by atoms with E-state index in [9.17, 15) is 9.18 Å². The lowest BCUT2D eigenvalue weighted by Crippen LogP contribution is -2.40. The van der Waals surface area contributed by atoms with Crippen LogP contribution in [0, 0.1) is 5.82 Å². The molecule has 0 radical (unpaired) electrons. The molecule has 1 aromatic carbocycles. The Morgan fingerprint density at radius 3 is 2.83 bits per heavy atom. The number of thiocarbonyl (C=S) groups is 1. The summed E-state index contributed by atoms with van der Waals surface area (Å²) in [6.45, 7) is 1.81. The van der Waals surface area contributed by atoms with Gasteiger partial charge in [0, 0.05) is 6.42 Å². The summed E-state index contributed by atoms with van der Waals surface area (Å²) in [5.74, 6) is -0.732. The van der Waals surface area contributed by atoms with Crippen LogP contribution >= 0.6 is 12.2 Å². The Balaban J connectivity index is 1.94. The molecular weight excluding hydrogens is 255 g/mol. The number of ether oxygens (including phenoxy) is 1. The topological polar surface area (TPSA) is 50.4 Å². The van der Waals surface area contributed by atoms with Crippen molar-refractivity contribution in [1.82, 2.24) is 5.32 Å². The molecule has 0 saturated carbocycles. The van der Waals surface area contributed by atoms with Gasteiger partial charge in [-0.1, -0.05) is 12.1 Å². The van der Waals surface area contributed by atoms with E-state index in [1.165, 1.54) is 6.07 Å². The van der Waals surface area contributed by atoms with Crippen LogP contribution in [0.5, 0.6) is 0 Å². The SMILES string of the molecule is C[C@@H]1C[C@@H](NC(=S)Nc2ccccc2F)C(=O)O1. The van der Waals surface area contributed by atoms with Crippen LogP contribution in [0.4, 0.5) is 10.1 Å². The predicted octanol–water partition coefficient (Wildman–Crippen LogP) is 1.82. The molecule has 1 aromatic rings. The van der Waals surface area contributed by atoms with E-state index in [2.05, 4.69) is 10.6 Å². The number of carbonyl (C=O) groups is 1. The van der Waals surface area contributed by atoms with Gasteiger partial charge in [-0.3, -0.25) is 0 Å².